The van der Waals surface area contributed by atoms with Gasteiger partial charge < -0.3 is 15.5 Å². The molecule has 3 fully saturated rings. The lowest BCUT2D eigenvalue weighted by Crippen LogP contribution is -2.44. The minimum absolute atomic E-state index is 0.103. The summed E-state index contributed by atoms with van der Waals surface area (Å²) in [6.07, 6.45) is 9.08. The summed E-state index contributed by atoms with van der Waals surface area (Å²) in [6.45, 7) is 2.62. The molecule has 0 aromatic carbocycles. The number of carbonyl (C=O) groups excluding carboxylic acids is 3. The van der Waals surface area contributed by atoms with E-state index in [-0.39, 0.29) is 23.7 Å². The molecule has 1 unspecified atom stereocenters. The molecular weight excluding hydrogens is 400 g/mol. The summed E-state index contributed by atoms with van der Waals surface area (Å²) in [5, 5.41) is 2.83. The summed E-state index contributed by atoms with van der Waals surface area (Å²) in [7, 11) is 0. The van der Waals surface area contributed by atoms with Gasteiger partial charge in [-0.05, 0) is 38.5 Å². The monoisotopic (exact) mass is 432 g/mol. The third-order valence-electron chi connectivity index (χ3n) is 6.96. The van der Waals surface area contributed by atoms with E-state index >= 15 is 0 Å². The van der Waals surface area contributed by atoms with E-state index in [0.29, 0.717) is 30.6 Å². The van der Waals surface area contributed by atoms with E-state index in [1.807, 2.05) is 10.3 Å². The lowest BCUT2D eigenvalue weighted by Gasteiger charge is -2.34. The number of primary amides is 1. The van der Waals surface area contributed by atoms with Gasteiger partial charge in [0.15, 0.2) is 0 Å². The predicted molar refractivity (Wildman–Crippen MR) is 115 cm³/mol. The molecule has 2 saturated heterocycles. The molecule has 0 radical (unpaired) electrons. The molecule has 3 amide bonds. The van der Waals surface area contributed by atoms with Gasteiger partial charge in [-0.3, -0.25) is 14.4 Å². The van der Waals surface area contributed by atoms with Crippen molar-refractivity contribution in [3.05, 3.63) is 16.1 Å². The van der Waals surface area contributed by atoms with Crippen LogP contribution in [0.1, 0.15) is 79.2 Å². The minimum Gasteiger partial charge on any atom is -0.369 e. The zero-order chi connectivity index (χ0) is 21.1. The van der Waals surface area contributed by atoms with Gasteiger partial charge in [-0.25, -0.2) is 4.98 Å². The summed E-state index contributed by atoms with van der Waals surface area (Å²) >= 11 is 1.54. The second-order valence-corrected chi connectivity index (χ2v) is 9.89. The van der Waals surface area contributed by atoms with Crippen LogP contribution >= 0.6 is 11.3 Å². The number of likely N-dealkylation sites (tertiary alicyclic amines) is 2. The van der Waals surface area contributed by atoms with Crippen LogP contribution in [0.15, 0.2) is 5.38 Å². The Morgan fingerprint density at radius 1 is 0.900 bits per heavy atom. The van der Waals surface area contributed by atoms with E-state index in [1.165, 1.54) is 30.6 Å². The molecule has 1 atom stereocenters. The van der Waals surface area contributed by atoms with Gasteiger partial charge in [0.2, 0.25) is 11.8 Å². The standard InChI is InChI=1S/C22H32N4O3S/c23-19(27)17-7-4-10-26(13-17)22(29)18-14-30-20(24-18)15-8-11-25(12-9-15)21(28)16-5-2-1-3-6-16/h14-17H,1-13H2,(H2,23,27). The van der Waals surface area contributed by atoms with Crippen LogP contribution in [0.2, 0.25) is 0 Å². The fraction of sp³-hybridized carbons (Fsp3) is 0.727. The maximum atomic E-state index is 12.8. The van der Waals surface area contributed by atoms with E-state index in [0.717, 1.165) is 56.6 Å². The van der Waals surface area contributed by atoms with E-state index in [1.54, 1.807) is 4.90 Å². The van der Waals surface area contributed by atoms with Crippen molar-refractivity contribution in [2.75, 3.05) is 26.2 Å². The number of carbonyl (C=O) groups is 3. The van der Waals surface area contributed by atoms with E-state index < -0.39 is 0 Å². The number of nitrogens with zero attached hydrogens (tertiary/aromatic N) is 3. The van der Waals surface area contributed by atoms with Crippen molar-refractivity contribution in [2.24, 2.45) is 17.6 Å². The highest BCUT2D eigenvalue weighted by Crippen LogP contribution is 2.33. The average molecular weight is 433 g/mol. The van der Waals surface area contributed by atoms with Crippen LogP contribution in [0, 0.1) is 11.8 Å². The number of aromatic nitrogens is 1. The second-order valence-electron chi connectivity index (χ2n) is 9.00. The Bertz CT molecular complexity index is 781. The largest absolute Gasteiger partial charge is 0.369 e. The van der Waals surface area contributed by atoms with Crippen LogP contribution in [0.25, 0.3) is 0 Å². The zero-order valence-electron chi connectivity index (χ0n) is 17.6. The van der Waals surface area contributed by atoms with Crippen molar-refractivity contribution >= 4 is 29.1 Å². The topological polar surface area (TPSA) is 96.6 Å². The molecule has 7 nitrogen and oxygen atoms in total. The van der Waals surface area contributed by atoms with Crippen LogP contribution < -0.4 is 5.73 Å². The number of hydrogen-bond acceptors (Lipinski definition) is 5. The predicted octanol–water partition coefficient (Wildman–Crippen LogP) is 2.77. The van der Waals surface area contributed by atoms with Crippen molar-refractivity contribution < 1.29 is 14.4 Å². The Labute approximate surface area is 182 Å². The Morgan fingerprint density at radius 3 is 2.30 bits per heavy atom. The summed E-state index contributed by atoms with van der Waals surface area (Å²) in [6, 6.07) is 0. The number of nitrogens with two attached hydrogens (primary N) is 1. The molecule has 0 spiro atoms. The molecule has 1 aromatic rings. The molecule has 30 heavy (non-hydrogen) atoms. The first-order valence-electron chi connectivity index (χ1n) is 11.4. The van der Waals surface area contributed by atoms with Gasteiger partial charge in [-0.2, -0.15) is 0 Å². The zero-order valence-corrected chi connectivity index (χ0v) is 18.4. The second kappa shape index (κ2) is 9.45. The maximum Gasteiger partial charge on any atom is 0.273 e. The third-order valence-corrected chi connectivity index (χ3v) is 7.97. The van der Waals surface area contributed by atoms with Gasteiger partial charge in [-0.1, -0.05) is 19.3 Å². The van der Waals surface area contributed by atoms with Crippen molar-refractivity contribution in [3.8, 4) is 0 Å². The number of hydrogen-bond donors (Lipinski definition) is 1. The quantitative estimate of drug-likeness (QED) is 0.791. The van der Waals surface area contributed by atoms with E-state index in [4.69, 9.17) is 5.73 Å². The van der Waals surface area contributed by atoms with Crippen molar-refractivity contribution in [1.29, 1.82) is 0 Å². The highest BCUT2D eigenvalue weighted by Gasteiger charge is 2.32. The first-order chi connectivity index (χ1) is 14.5. The van der Waals surface area contributed by atoms with Gasteiger partial charge >= 0.3 is 0 Å². The third kappa shape index (κ3) is 4.68. The summed E-state index contributed by atoms with van der Waals surface area (Å²) in [4.78, 5) is 45.5. The molecule has 8 heteroatoms. The fourth-order valence-electron chi connectivity index (χ4n) is 5.08. The number of amides is 3. The van der Waals surface area contributed by atoms with Gasteiger partial charge in [0.05, 0.1) is 10.9 Å². The number of rotatable bonds is 4. The Balaban J connectivity index is 1.32. The highest BCUT2D eigenvalue weighted by molar-refractivity contribution is 7.09. The minimum atomic E-state index is -0.332. The SMILES string of the molecule is NC(=O)C1CCCN(C(=O)c2csc(C3CCN(C(=O)C4CCCCC4)CC3)n2)C1. The van der Waals surface area contributed by atoms with Crippen LogP contribution in [0.4, 0.5) is 0 Å². The van der Waals surface area contributed by atoms with Gasteiger partial charge in [0.1, 0.15) is 5.69 Å². The normalized spacial score (nSPS) is 24.1. The number of thiazole rings is 1. The van der Waals surface area contributed by atoms with Crippen LogP contribution in [-0.2, 0) is 9.59 Å². The van der Waals surface area contributed by atoms with Crippen molar-refractivity contribution in [1.82, 2.24) is 14.8 Å². The molecule has 3 aliphatic rings. The van der Waals surface area contributed by atoms with Gasteiger partial charge in [0.25, 0.3) is 5.91 Å². The summed E-state index contributed by atoms with van der Waals surface area (Å²) < 4.78 is 0. The van der Waals surface area contributed by atoms with Crippen molar-refractivity contribution in [2.45, 2.75) is 63.7 Å². The van der Waals surface area contributed by atoms with Crippen LogP contribution in [0.5, 0.6) is 0 Å². The van der Waals surface area contributed by atoms with Crippen LogP contribution in [0.3, 0.4) is 0 Å². The lowest BCUT2D eigenvalue weighted by molar-refractivity contribution is -0.137. The summed E-state index contributed by atoms with van der Waals surface area (Å²) in [5.74, 6) is 0.193. The molecule has 0 bridgehead atoms. The van der Waals surface area contributed by atoms with Crippen molar-refractivity contribution in [3.63, 3.8) is 0 Å². The summed E-state index contributed by atoms with van der Waals surface area (Å²) in [5.41, 5.74) is 5.90. The van der Waals surface area contributed by atoms with E-state index in [2.05, 4.69) is 4.98 Å². The average Bonchev–Trinajstić information content (AvgIpc) is 3.29. The Hall–Kier alpha value is -1.96. The molecule has 2 N–H and O–H groups in total. The first kappa shape index (κ1) is 21.3. The molecule has 164 valence electrons. The molecule has 1 aromatic heterocycles. The van der Waals surface area contributed by atoms with Gasteiger partial charge in [0, 0.05) is 43.4 Å². The molecule has 4 rings (SSSR count). The number of piperidine rings is 2. The smallest absolute Gasteiger partial charge is 0.273 e. The molecular formula is C22H32N4O3S. The Morgan fingerprint density at radius 2 is 1.60 bits per heavy atom. The van der Waals surface area contributed by atoms with Crippen LogP contribution in [-0.4, -0.2) is 58.7 Å². The molecule has 2 aliphatic heterocycles. The Kier molecular flexibility index (Phi) is 6.71. The maximum absolute atomic E-state index is 12.8. The highest BCUT2D eigenvalue weighted by atomic mass is 32.1. The van der Waals surface area contributed by atoms with E-state index in [9.17, 15) is 14.4 Å². The lowest BCUT2D eigenvalue weighted by atomic mass is 9.87. The first-order valence-corrected chi connectivity index (χ1v) is 12.2. The molecule has 1 saturated carbocycles. The van der Waals surface area contributed by atoms with Gasteiger partial charge in [-0.15, -0.1) is 11.3 Å². The molecule has 3 heterocycles. The fourth-order valence-corrected chi connectivity index (χ4v) is 6.05. The molecule has 1 aliphatic carbocycles.